The van der Waals surface area contributed by atoms with E-state index < -0.39 is 0 Å². The van der Waals surface area contributed by atoms with Crippen LogP contribution in [0.25, 0.3) is 32.6 Å². The van der Waals surface area contributed by atoms with Crippen molar-refractivity contribution in [2.24, 2.45) is 7.05 Å². The second-order valence-corrected chi connectivity index (χ2v) is 4.46. The molecule has 0 radical (unpaired) electrons. The Labute approximate surface area is 103 Å². The predicted octanol–water partition coefficient (Wildman–Crippen LogP) is 2.96. The topological polar surface area (TPSA) is 29.9 Å². The third-order valence-corrected chi connectivity index (χ3v) is 3.45. The fourth-order valence-corrected chi connectivity index (χ4v) is 2.66. The van der Waals surface area contributed by atoms with Gasteiger partial charge in [0, 0.05) is 10.8 Å². The summed E-state index contributed by atoms with van der Waals surface area (Å²) < 4.78 is 7.02. The summed E-state index contributed by atoms with van der Waals surface area (Å²) >= 11 is 0. The Hall–Kier alpha value is -2.42. The third kappa shape index (κ3) is 1.08. The van der Waals surface area contributed by atoms with Crippen LogP contribution in [0.3, 0.4) is 0 Å². The number of rotatable bonds is 0. The first kappa shape index (κ1) is 9.59. The maximum atomic E-state index is 5.30. The lowest BCUT2D eigenvalue weighted by Gasteiger charge is -2.01. The SMILES string of the molecule is C[n+]1onc2c3ccccc3c3ccccc3c21. The molecule has 0 bridgehead atoms. The van der Waals surface area contributed by atoms with Crippen LogP contribution in [0.2, 0.25) is 0 Å². The fourth-order valence-electron chi connectivity index (χ4n) is 2.66. The molecule has 0 spiro atoms. The molecular formula is C15H11N2O+. The summed E-state index contributed by atoms with van der Waals surface area (Å²) in [7, 11) is 1.89. The standard InChI is InChI=1S/C15H11N2O/c1-17-15-13-9-5-3-7-11(13)10-6-2-4-8-12(10)14(15)16-18-17/h2-9H,1H3/q+1. The average Bonchev–Trinajstić information content (AvgIpc) is 2.82. The van der Waals surface area contributed by atoms with E-state index in [0.29, 0.717) is 0 Å². The number of hydrogen-bond acceptors (Lipinski definition) is 2. The first-order chi connectivity index (χ1) is 8.86. The van der Waals surface area contributed by atoms with Crippen molar-refractivity contribution >= 4 is 32.6 Å². The van der Waals surface area contributed by atoms with E-state index in [0.717, 1.165) is 16.4 Å². The van der Waals surface area contributed by atoms with E-state index in [9.17, 15) is 0 Å². The van der Waals surface area contributed by atoms with E-state index in [1.807, 2.05) is 19.2 Å². The Morgan fingerprint density at radius 3 is 2.11 bits per heavy atom. The highest BCUT2D eigenvalue weighted by Gasteiger charge is 2.20. The molecule has 0 saturated carbocycles. The van der Waals surface area contributed by atoms with Crippen molar-refractivity contribution in [1.82, 2.24) is 5.16 Å². The molecule has 3 nitrogen and oxygen atoms in total. The smallest absolute Gasteiger partial charge is 0.0843 e. The molecule has 0 aliphatic carbocycles. The van der Waals surface area contributed by atoms with Crippen LogP contribution in [-0.4, -0.2) is 5.16 Å². The molecule has 3 heteroatoms. The molecule has 1 aromatic heterocycles. The summed E-state index contributed by atoms with van der Waals surface area (Å²) in [5.74, 6) is 0. The van der Waals surface area contributed by atoms with Crippen LogP contribution >= 0.6 is 0 Å². The van der Waals surface area contributed by atoms with Crippen molar-refractivity contribution < 1.29 is 9.37 Å². The molecule has 86 valence electrons. The Kier molecular flexibility index (Phi) is 1.75. The fraction of sp³-hybridized carbons (Fsp3) is 0.0667. The van der Waals surface area contributed by atoms with Crippen LogP contribution in [-0.2, 0) is 7.05 Å². The van der Waals surface area contributed by atoms with Gasteiger partial charge in [0.05, 0.1) is 0 Å². The van der Waals surface area contributed by atoms with Gasteiger partial charge in [0.15, 0.2) is 5.16 Å². The zero-order chi connectivity index (χ0) is 12.1. The van der Waals surface area contributed by atoms with Gasteiger partial charge in [-0.2, -0.15) is 0 Å². The van der Waals surface area contributed by atoms with Gasteiger partial charge in [0.2, 0.25) is 5.52 Å². The number of nitrogens with zero attached hydrogens (tertiary/aromatic N) is 2. The lowest BCUT2D eigenvalue weighted by molar-refractivity contribution is -0.833. The molecule has 0 aliphatic rings. The van der Waals surface area contributed by atoms with E-state index in [1.165, 1.54) is 16.2 Å². The maximum absolute atomic E-state index is 5.30. The summed E-state index contributed by atoms with van der Waals surface area (Å²) in [6, 6.07) is 16.7. The lowest BCUT2D eigenvalue weighted by Crippen LogP contribution is -2.25. The summed E-state index contributed by atoms with van der Waals surface area (Å²) in [6.07, 6.45) is 0. The first-order valence-electron chi connectivity index (χ1n) is 5.91. The average molecular weight is 235 g/mol. The molecule has 4 rings (SSSR count). The van der Waals surface area contributed by atoms with Crippen LogP contribution in [0, 0.1) is 0 Å². The second-order valence-electron chi connectivity index (χ2n) is 4.46. The minimum Gasteiger partial charge on any atom is -0.0843 e. The Bertz CT molecular complexity index is 893. The quantitative estimate of drug-likeness (QED) is 0.346. The van der Waals surface area contributed by atoms with Crippen molar-refractivity contribution in [2.45, 2.75) is 0 Å². The molecule has 3 aromatic carbocycles. The Morgan fingerprint density at radius 2 is 1.39 bits per heavy atom. The monoisotopic (exact) mass is 235 g/mol. The third-order valence-electron chi connectivity index (χ3n) is 3.45. The Morgan fingerprint density at radius 1 is 0.833 bits per heavy atom. The summed E-state index contributed by atoms with van der Waals surface area (Å²) in [4.78, 5) is 0. The summed E-state index contributed by atoms with van der Waals surface area (Å²) in [5.41, 5.74) is 1.97. The molecule has 1 heterocycles. The zero-order valence-corrected chi connectivity index (χ0v) is 9.92. The molecule has 0 unspecified atom stereocenters. The molecule has 0 amide bonds. The van der Waals surface area contributed by atoms with Crippen LogP contribution in [0.5, 0.6) is 0 Å². The molecule has 4 aromatic rings. The molecule has 0 N–H and O–H groups in total. The first-order valence-corrected chi connectivity index (χ1v) is 5.91. The summed E-state index contributed by atoms with van der Waals surface area (Å²) in [5, 5.41) is 8.95. The largest absolute Gasteiger partial charge is 0.282 e. The van der Waals surface area contributed by atoms with Crippen LogP contribution < -0.4 is 4.74 Å². The molecular weight excluding hydrogens is 224 g/mol. The van der Waals surface area contributed by atoms with E-state index in [2.05, 4.69) is 41.6 Å². The van der Waals surface area contributed by atoms with Gasteiger partial charge in [-0.3, -0.25) is 0 Å². The predicted molar refractivity (Wildman–Crippen MR) is 70.2 cm³/mol. The van der Waals surface area contributed by atoms with E-state index in [-0.39, 0.29) is 0 Å². The van der Waals surface area contributed by atoms with Gasteiger partial charge in [-0.1, -0.05) is 45.8 Å². The highest BCUT2D eigenvalue weighted by Crippen LogP contribution is 2.31. The van der Waals surface area contributed by atoms with Gasteiger partial charge >= 0.3 is 0 Å². The van der Waals surface area contributed by atoms with Crippen molar-refractivity contribution in [2.75, 3.05) is 0 Å². The Balaban J connectivity index is 2.48. The normalized spacial score (nSPS) is 11.6. The van der Waals surface area contributed by atoms with Crippen LogP contribution in [0.15, 0.2) is 53.2 Å². The van der Waals surface area contributed by atoms with Crippen molar-refractivity contribution in [3.8, 4) is 0 Å². The molecule has 18 heavy (non-hydrogen) atoms. The van der Waals surface area contributed by atoms with Crippen molar-refractivity contribution in [1.29, 1.82) is 0 Å². The van der Waals surface area contributed by atoms with Crippen LogP contribution in [0.1, 0.15) is 0 Å². The van der Waals surface area contributed by atoms with Gasteiger partial charge < -0.3 is 0 Å². The molecule has 0 atom stereocenters. The number of fused-ring (bicyclic) bond motifs is 6. The van der Waals surface area contributed by atoms with Gasteiger partial charge in [0.1, 0.15) is 7.05 Å². The number of aryl methyl sites for hydroxylation is 1. The molecule has 0 aliphatic heterocycles. The maximum Gasteiger partial charge on any atom is 0.282 e. The highest BCUT2D eigenvalue weighted by atomic mass is 16.6. The zero-order valence-electron chi connectivity index (χ0n) is 9.92. The minimum atomic E-state index is 0.923. The van der Waals surface area contributed by atoms with Gasteiger partial charge in [-0.15, -0.1) is 0 Å². The van der Waals surface area contributed by atoms with E-state index >= 15 is 0 Å². The minimum absolute atomic E-state index is 0.923. The van der Waals surface area contributed by atoms with Gasteiger partial charge in [-0.25, -0.2) is 0 Å². The van der Waals surface area contributed by atoms with Crippen LogP contribution in [0.4, 0.5) is 0 Å². The molecule has 0 fully saturated rings. The number of benzene rings is 3. The highest BCUT2D eigenvalue weighted by molar-refractivity contribution is 6.21. The van der Waals surface area contributed by atoms with Crippen molar-refractivity contribution in [3.05, 3.63) is 48.5 Å². The number of aromatic nitrogens is 2. The lowest BCUT2D eigenvalue weighted by atomic mass is 10.00. The van der Waals surface area contributed by atoms with E-state index in [1.54, 1.807) is 4.74 Å². The van der Waals surface area contributed by atoms with Crippen molar-refractivity contribution in [3.63, 3.8) is 0 Å². The van der Waals surface area contributed by atoms with Gasteiger partial charge in [-0.05, 0) is 22.9 Å². The number of hydrogen-bond donors (Lipinski definition) is 0. The van der Waals surface area contributed by atoms with E-state index in [4.69, 9.17) is 4.63 Å². The second kappa shape index (κ2) is 3.29. The van der Waals surface area contributed by atoms with Gasteiger partial charge in [0.25, 0.3) is 5.52 Å². The summed E-state index contributed by atoms with van der Waals surface area (Å²) in [6.45, 7) is 0. The molecule has 0 saturated heterocycles.